The summed E-state index contributed by atoms with van der Waals surface area (Å²) in [5, 5.41) is 3.61. The van der Waals surface area contributed by atoms with Gasteiger partial charge in [-0.3, -0.25) is 0 Å². The molecule has 27 heavy (non-hydrogen) atoms. The largest absolute Gasteiger partial charge is 0.367 e. The van der Waals surface area contributed by atoms with Gasteiger partial charge in [-0.2, -0.15) is 4.98 Å². The maximum Gasteiger partial charge on any atom is 0.232 e. The van der Waals surface area contributed by atoms with Gasteiger partial charge in [0.25, 0.3) is 0 Å². The number of hydrogen-bond donors (Lipinski definition) is 1. The predicted octanol–water partition coefficient (Wildman–Crippen LogP) is 5.48. The summed E-state index contributed by atoms with van der Waals surface area (Å²) in [5.41, 5.74) is 3.31. The Bertz CT molecular complexity index is 858. The number of benzene rings is 2. The van der Waals surface area contributed by atoms with Crippen LogP contribution in [0.1, 0.15) is 36.9 Å². The summed E-state index contributed by atoms with van der Waals surface area (Å²) in [6, 6.07) is 23.4. The first-order chi connectivity index (χ1) is 13.3. The molecule has 0 amide bonds. The zero-order valence-electron chi connectivity index (χ0n) is 15.8. The summed E-state index contributed by atoms with van der Waals surface area (Å²) in [5.74, 6) is 1.67. The van der Waals surface area contributed by atoms with E-state index < -0.39 is 0 Å². The fraction of sp³-hybridized carbons (Fsp3) is 0.304. The van der Waals surface area contributed by atoms with Crippen molar-refractivity contribution in [2.75, 3.05) is 10.2 Å². The van der Waals surface area contributed by atoms with Crippen LogP contribution in [-0.4, -0.2) is 16.0 Å². The van der Waals surface area contributed by atoms with Crippen molar-refractivity contribution < 1.29 is 0 Å². The lowest BCUT2D eigenvalue weighted by molar-refractivity contribution is 0.748. The van der Waals surface area contributed by atoms with Crippen LogP contribution >= 0.6 is 0 Å². The Labute approximate surface area is 161 Å². The van der Waals surface area contributed by atoms with Crippen molar-refractivity contribution in [1.82, 2.24) is 9.97 Å². The van der Waals surface area contributed by atoms with Gasteiger partial charge in [0, 0.05) is 23.5 Å². The second-order valence-electron chi connectivity index (χ2n) is 7.23. The molecule has 138 valence electrons. The zero-order chi connectivity index (χ0) is 18.5. The third-order valence-electron chi connectivity index (χ3n) is 5.04. The summed E-state index contributed by atoms with van der Waals surface area (Å²) in [7, 11) is 0. The van der Waals surface area contributed by atoms with E-state index in [1.165, 1.54) is 31.2 Å². The molecule has 4 rings (SSSR count). The van der Waals surface area contributed by atoms with E-state index in [9.17, 15) is 0 Å². The van der Waals surface area contributed by atoms with Gasteiger partial charge in [0.05, 0.1) is 6.54 Å². The van der Waals surface area contributed by atoms with Gasteiger partial charge in [-0.05, 0) is 37.5 Å². The molecule has 0 atom stereocenters. The molecule has 3 aromatic rings. The number of aryl methyl sites for hydroxylation is 1. The summed E-state index contributed by atoms with van der Waals surface area (Å²) in [4.78, 5) is 11.8. The molecule has 1 fully saturated rings. The van der Waals surface area contributed by atoms with Crippen molar-refractivity contribution in [3.8, 4) is 0 Å². The first-order valence-corrected chi connectivity index (χ1v) is 9.77. The summed E-state index contributed by atoms with van der Waals surface area (Å²) in [6.07, 6.45) is 5.06. The van der Waals surface area contributed by atoms with Gasteiger partial charge < -0.3 is 10.2 Å². The quantitative estimate of drug-likeness (QED) is 0.634. The van der Waals surface area contributed by atoms with E-state index in [4.69, 9.17) is 9.97 Å². The smallest absolute Gasteiger partial charge is 0.232 e. The number of para-hydroxylation sites is 1. The van der Waals surface area contributed by atoms with Crippen molar-refractivity contribution in [2.45, 2.75) is 45.2 Å². The van der Waals surface area contributed by atoms with E-state index in [-0.39, 0.29) is 0 Å². The fourth-order valence-electron chi connectivity index (χ4n) is 3.68. The van der Waals surface area contributed by atoms with Crippen molar-refractivity contribution in [3.05, 3.63) is 78.0 Å². The van der Waals surface area contributed by atoms with Crippen LogP contribution in [-0.2, 0) is 6.54 Å². The second kappa shape index (κ2) is 8.21. The number of nitrogens with one attached hydrogen (secondary N) is 1. The molecule has 1 saturated carbocycles. The topological polar surface area (TPSA) is 41.1 Å². The Kier molecular flexibility index (Phi) is 5.33. The second-order valence-corrected chi connectivity index (χ2v) is 7.23. The lowest BCUT2D eigenvalue weighted by Gasteiger charge is -2.24. The van der Waals surface area contributed by atoms with E-state index in [1.807, 2.05) is 25.1 Å². The van der Waals surface area contributed by atoms with Crippen molar-refractivity contribution in [2.24, 2.45) is 0 Å². The number of rotatable bonds is 6. The van der Waals surface area contributed by atoms with Crippen LogP contribution in [0.4, 0.5) is 17.5 Å². The van der Waals surface area contributed by atoms with Gasteiger partial charge in [-0.15, -0.1) is 0 Å². The van der Waals surface area contributed by atoms with Gasteiger partial charge >= 0.3 is 0 Å². The van der Waals surface area contributed by atoms with Crippen LogP contribution < -0.4 is 10.2 Å². The van der Waals surface area contributed by atoms with E-state index in [1.54, 1.807) is 0 Å². The van der Waals surface area contributed by atoms with Crippen molar-refractivity contribution in [3.63, 3.8) is 0 Å². The predicted molar refractivity (Wildman–Crippen MR) is 111 cm³/mol. The van der Waals surface area contributed by atoms with Crippen LogP contribution in [0, 0.1) is 6.92 Å². The molecule has 1 N–H and O–H groups in total. The summed E-state index contributed by atoms with van der Waals surface area (Å²) in [6.45, 7) is 2.77. The lowest BCUT2D eigenvalue weighted by Crippen LogP contribution is -2.21. The van der Waals surface area contributed by atoms with Crippen molar-refractivity contribution in [1.29, 1.82) is 0 Å². The van der Waals surface area contributed by atoms with E-state index in [0.717, 1.165) is 29.7 Å². The zero-order valence-corrected chi connectivity index (χ0v) is 15.8. The highest BCUT2D eigenvalue weighted by molar-refractivity contribution is 5.59. The van der Waals surface area contributed by atoms with Gasteiger partial charge in [-0.25, -0.2) is 4.98 Å². The lowest BCUT2D eigenvalue weighted by atomic mass is 10.2. The minimum atomic E-state index is 0.534. The average molecular weight is 358 g/mol. The van der Waals surface area contributed by atoms with Gasteiger partial charge in [0.15, 0.2) is 0 Å². The standard InChI is InChI=1S/C23H26N4/c1-18-16-22(25-20-12-8-9-13-20)26-23(24-18)27(21-14-6-3-7-15-21)17-19-10-4-2-5-11-19/h2-7,10-11,14-16,20H,8-9,12-13,17H2,1H3,(H,24,25,26). The molecular formula is C23H26N4. The molecule has 1 aliphatic carbocycles. The molecule has 0 unspecified atom stereocenters. The van der Waals surface area contributed by atoms with Gasteiger partial charge in [-0.1, -0.05) is 61.4 Å². The van der Waals surface area contributed by atoms with E-state index in [0.29, 0.717) is 6.04 Å². The average Bonchev–Trinajstić information content (AvgIpc) is 3.20. The maximum atomic E-state index is 4.87. The first kappa shape index (κ1) is 17.5. The molecule has 1 aromatic heterocycles. The van der Waals surface area contributed by atoms with Crippen LogP contribution in [0.25, 0.3) is 0 Å². The van der Waals surface area contributed by atoms with Gasteiger partial charge in [0.2, 0.25) is 5.95 Å². The Morgan fingerprint density at radius 3 is 2.30 bits per heavy atom. The highest BCUT2D eigenvalue weighted by atomic mass is 15.3. The first-order valence-electron chi connectivity index (χ1n) is 9.77. The molecular weight excluding hydrogens is 332 g/mol. The Hall–Kier alpha value is -2.88. The molecule has 4 nitrogen and oxygen atoms in total. The molecule has 0 radical (unpaired) electrons. The van der Waals surface area contributed by atoms with Crippen LogP contribution in [0.2, 0.25) is 0 Å². The fourth-order valence-corrected chi connectivity index (χ4v) is 3.68. The maximum absolute atomic E-state index is 4.87. The number of anilines is 3. The third kappa shape index (κ3) is 4.45. The minimum absolute atomic E-state index is 0.534. The highest BCUT2D eigenvalue weighted by Crippen LogP contribution is 2.27. The number of hydrogen-bond acceptors (Lipinski definition) is 4. The minimum Gasteiger partial charge on any atom is -0.367 e. The van der Waals surface area contributed by atoms with Crippen LogP contribution in [0.15, 0.2) is 66.7 Å². The molecule has 0 bridgehead atoms. The van der Waals surface area contributed by atoms with Gasteiger partial charge in [0.1, 0.15) is 5.82 Å². The Morgan fingerprint density at radius 2 is 1.59 bits per heavy atom. The molecule has 1 aliphatic rings. The molecule has 1 heterocycles. The SMILES string of the molecule is Cc1cc(NC2CCCC2)nc(N(Cc2ccccc2)c2ccccc2)n1. The third-order valence-corrected chi connectivity index (χ3v) is 5.04. The summed E-state index contributed by atoms with van der Waals surface area (Å²) >= 11 is 0. The normalized spacial score (nSPS) is 14.3. The monoisotopic (exact) mass is 358 g/mol. The van der Waals surface area contributed by atoms with E-state index in [2.05, 4.69) is 58.7 Å². The molecule has 2 aromatic carbocycles. The molecule has 4 heteroatoms. The highest BCUT2D eigenvalue weighted by Gasteiger charge is 2.18. The summed E-state index contributed by atoms with van der Waals surface area (Å²) < 4.78 is 0. The number of nitrogens with zero attached hydrogens (tertiary/aromatic N) is 3. The molecule has 0 saturated heterocycles. The van der Waals surface area contributed by atoms with Crippen LogP contribution in [0.3, 0.4) is 0 Å². The van der Waals surface area contributed by atoms with Crippen molar-refractivity contribution >= 4 is 17.5 Å². The number of aromatic nitrogens is 2. The Balaban J connectivity index is 1.67. The molecule has 0 aliphatic heterocycles. The van der Waals surface area contributed by atoms with Crippen LogP contribution in [0.5, 0.6) is 0 Å². The Morgan fingerprint density at radius 1 is 0.926 bits per heavy atom. The van der Waals surface area contributed by atoms with E-state index >= 15 is 0 Å². The molecule has 0 spiro atoms.